The third-order valence-electron chi connectivity index (χ3n) is 4.14. The van der Waals surface area contributed by atoms with E-state index in [1.807, 2.05) is 36.4 Å². The van der Waals surface area contributed by atoms with Crippen LogP contribution in [-0.4, -0.2) is 36.6 Å². The number of methoxy groups -OCH3 is 1. The van der Waals surface area contributed by atoms with Crippen LogP contribution in [0.5, 0.6) is 5.75 Å². The fourth-order valence-electron chi connectivity index (χ4n) is 2.58. The molecule has 134 valence electrons. The Morgan fingerprint density at radius 1 is 1.16 bits per heavy atom. The largest absolute Gasteiger partial charge is 0.497 e. The molecule has 0 aliphatic heterocycles. The molecular weight excluding hydrogens is 338 g/mol. The van der Waals surface area contributed by atoms with Crippen molar-refractivity contribution < 1.29 is 14.6 Å². The van der Waals surface area contributed by atoms with Crippen molar-refractivity contribution in [3.8, 4) is 5.75 Å². The zero-order valence-corrected chi connectivity index (χ0v) is 15.4. The van der Waals surface area contributed by atoms with E-state index in [0.717, 1.165) is 29.7 Å². The Bertz CT molecular complexity index is 670. The van der Waals surface area contributed by atoms with Crippen LogP contribution in [0.3, 0.4) is 0 Å². The standard InChI is InChI=1S/C20H24ClNO3/c1-22(14-19(23)16-8-12-18(25-2)13-9-16)20(24)5-3-4-15-6-10-17(21)11-7-15/h6-13,19,23H,3-5,14H2,1-2H3. The van der Waals surface area contributed by atoms with Crippen LogP contribution >= 0.6 is 11.6 Å². The second kappa shape index (κ2) is 9.44. The lowest BCUT2D eigenvalue weighted by molar-refractivity contribution is -0.131. The summed E-state index contributed by atoms with van der Waals surface area (Å²) in [5.41, 5.74) is 1.93. The number of hydrogen-bond donors (Lipinski definition) is 1. The summed E-state index contributed by atoms with van der Waals surface area (Å²) in [6.45, 7) is 0.270. The molecule has 2 rings (SSSR count). The molecule has 0 spiro atoms. The van der Waals surface area contributed by atoms with Crippen LogP contribution in [0.25, 0.3) is 0 Å². The first-order valence-corrected chi connectivity index (χ1v) is 8.68. The first-order chi connectivity index (χ1) is 12.0. The van der Waals surface area contributed by atoms with E-state index >= 15 is 0 Å². The van der Waals surface area contributed by atoms with E-state index in [4.69, 9.17) is 16.3 Å². The number of nitrogens with zero attached hydrogens (tertiary/aromatic N) is 1. The molecule has 1 atom stereocenters. The summed E-state index contributed by atoms with van der Waals surface area (Å²) in [5, 5.41) is 11.0. The number of aliphatic hydroxyl groups excluding tert-OH is 1. The predicted octanol–water partition coefficient (Wildman–Crippen LogP) is 3.86. The molecule has 4 nitrogen and oxygen atoms in total. The Balaban J connectivity index is 1.77. The zero-order valence-electron chi connectivity index (χ0n) is 14.6. The third kappa shape index (κ3) is 6.07. The van der Waals surface area contributed by atoms with Crippen LogP contribution in [0.15, 0.2) is 48.5 Å². The average Bonchev–Trinajstić information content (AvgIpc) is 2.63. The molecule has 0 aliphatic rings. The minimum Gasteiger partial charge on any atom is -0.497 e. The molecule has 2 aromatic carbocycles. The lowest BCUT2D eigenvalue weighted by Crippen LogP contribution is -2.31. The molecule has 0 saturated heterocycles. The maximum Gasteiger partial charge on any atom is 0.222 e. The molecule has 0 fully saturated rings. The van der Waals surface area contributed by atoms with E-state index in [1.165, 1.54) is 0 Å². The number of ether oxygens (including phenoxy) is 1. The normalized spacial score (nSPS) is 11.8. The van der Waals surface area contributed by atoms with Crippen molar-refractivity contribution in [1.82, 2.24) is 4.90 Å². The van der Waals surface area contributed by atoms with Gasteiger partial charge in [-0.1, -0.05) is 35.9 Å². The number of carbonyl (C=O) groups is 1. The fourth-order valence-corrected chi connectivity index (χ4v) is 2.70. The molecule has 0 aliphatic carbocycles. The van der Waals surface area contributed by atoms with Gasteiger partial charge in [-0.3, -0.25) is 4.79 Å². The molecule has 1 amide bonds. The molecular formula is C20H24ClNO3. The zero-order chi connectivity index (χ0) is 18.2. The van der Waals surface area contributed by atoms with Gasteiger partial charge in [-0.2, -0.15) is 0 Å². The summed E-state index contributed by atoms with van der Waals surface area (Å²) in [4.78, 5) is 13.8. The molecule has 5 heteroatoms. The number of aryl methyl sites for hydroxylation is 1. The second-order valence-corrected chi connectivity index (χ2v) is 6.48. The second-order valence-electron chi connectivity index (χ2n) is 6.04. The molecule has 25 heavy (non-hydrogen) atoms. The topological polar surface area (TPSA) is 49.8 Å². The van der Waals surface area contributed by atoms with Crippen molar-refractivity contribution in [3.63, 3.8) is 0 Å². The highest BCUT2D eigenvalue weighted by Crippen LogP contribution is 2.19. The summed E-state index contributed by atoms with van der Waals surface area (Å²) >= 11 is 5.86. The monoisotopic (exact) mass is 361 g/mol. The lowest BCUT2D eigenvalue weighted by Gasteiger charge is -2.21. The van der Waals surface area contributed by atoms with Gasteiger partial charge in [-0.05, 0) is 48.2 Å². The number of carbonyl (C=O) groups excluding carboxylic acids is 1. The van der Waals surface area contributed by atoms with Crippen molar-refractivity contribution >= 4 is 17.5 Å². The van der Waals surface area contributed by atoms with E-state index in [-0.39, 0.29) is 12.5 Å². The van der Waals surface area contributed by atoms with Gasteiger partial charge in [-0.15, -0.1) is 0 Å². The highest BCUT2D eigenvalue weighted by atomic mass is 35.5. The van der Waals surface area contributed by atoms with Gasteiger partial charge in [0, 0.05) is 18.5 Å². The Hall–Kier alpha value is -2.04. The number of aliphatic hydroxyl groups is 1. The number of hydrogen-bond acceptors (Lipinski definition) is 3. The van der Waals surface area contributed by atoms with Crippen LogP contribution in [0.2, 0.25) is 5.02 Å². The van der Waals surface area contributed by atoms with Gasteiger partial charge >= 0.3 is 0 Å². The maximum atomic E-state index is 12.2. The van der Waals surface area contributed by atoms with E-state index < -0.39 is 6.10 Å². The van der Waals surface area contributed by atoms with Crippen molar-refractivity contribution in [2.45, 2.75) is 25.4 Å². The van der Waals surface area contributed by atoms with Gasteiger partial charge in [0.25, 0.3) is 0 Å². The summed E-state index contributed by atoms with van der Waals surface area (Å²) in [7, 11) is 3.32. The Kier molecular flexibility index (Phi) is 7.29. The smallest absolute Gasteiger partial charge is 0.222 e. The van der Waals surface area contributed by atoms with E-state index in [2.05, 4.69) is 0 Å². The highest BCUT2D eigenvalue weighted by molar-refractivity contribution is 6.30. The van der Waals surface area contributed by atoms with E-state index in [1.54, 1.807) is 31.2 Å². The molecule has 0 heterocycles. The van der Waals surface area contributed by atoms with Crippen LogP contribution in [-0.2, 0) is 11.2 Å². The quantitative estimate of drug-likeness (QED) is 0.776. The molecule has 0 radical (unpaired) electrons. The van der Waals surface area contributed by atoms with Crippen LogP contribution < -0.4 is 4.74 Å². The van der Waals surface area contributed by atoms with Gasteiger partial charge in [0.1, 0.15) is 5.75 Å². The summed E-state index contributed by atoms with van der Waals surface area (Å²) < 4.78 is 5.10. The van der Waals surface area contributed by atoms with Gasteiger partial charge in [0.2, 0.25) is 5.91 Å². The lowest BCUT2D eigenvalue weighted by atomic mass is 10.1. The van der Waals surface area contributed by atoms with Crippen LogP contribution in [0.1, 0.15) is 30.1 Å². The summed E-state index contributed by atoms with van der Waals surface area (Å²) in [6.07, 6.45) is 1.34. The number of amides is 1. The number of benzene rings is 2. The molecule has 0 bridgehead atoms. The first kappa shape index (κ1) is 19.3. The first-order valence-electron chi connectivity index (χ1n) is 8.30. The van der Waals surface area contributed by atoms with Crippen LogP contribution in [0.4, 0.5) is 0 Å². The van der Waals surface area contributed by atoms with Crippen molar-refractivity contribution in [2.75, 3.05) is 20.7 Å². The molecule has 0 saturated carbocycles. The van der Waals surface area contributed by atoms with Crippen LogP contribution in [0, 0.1) is 0 Å². The fraction of sp³-hybridized carbons (Fsp3) is 0.350. The molecule has 0 aromatic heterocycles. The number of rotatable bonds is 8. The van der Waals surface area contributed by atoms with E-state index in [0.29, 0.717) is 11.4 Å². The summed E-state index contributed by atoms with van der Waals surface area (Å²) in [5.74, 6) is 0.768. The number of halogens is 1. The molecule has 1 N–H and O–H groups in total. The highest BCUT2D eigenvalue weighted by Gasteiger charge is 2.15. The van der Waals surface area contributed by atoms with Gasteiger partial charge in [0.15, 0.2) is 0 Å². The minimum atomic E-state index is -0.712. The Morgan fingerprint density at radius 3 is 2.40 bits per heavy atom. The number of likely N-dealkylation sites (N-methyl/N-ethyl adjacent to an activating group) is 1. The maximum absolute atomic E-state index is 12.2. The SMILES string of the molecule is COc1ccc(C(O)CN(C)C(=O)CCCc2ccc(Cl)cc2)cc1. The van der Waals surface area contributed by atoms with Gasteiger partial charge in [0.05, 0.1) is 19.8 Å². The summed E-state index contributed by atoms with van der Waals surface area (Å²) in [6, 6.07) is 14.9. The van der Waals surface area contributed by atoms with Gasteiger partial charge in [-0.25, -0.2) is 0 Å². The van der Waals surface area contributed by atoms with E-state index in [9.17, 15) is 9.90 Å². The molecule has 1 unspecified atom stereocenters. The van der Waals surface area contributed by atoms with Gasteiger partial charge < -0.3 is 14.7 Å². The molecule has 2 aromatic rings. The van der Waals surface area contributed by atoms with Crippen molar-refractivity contribution in [2.24, 2.45) is 0 Å². The third-order valence-corrected chi connectivity index (χ3v) is 4.39. The Labute approximate surface area is 154 Å². The van der Waals surface area contributed by atoms with Crippen molar-refractivity contribution in [3.05, 3.63) is 64.7 Å². The Morgan fingerprint density at radius 2 is 1.80 bits per heavy atom. The predicted molar refractivity (Wildman–Crippen MR) is 100.0 cm³/mol. The van der Waals surface area contributed by atoms with Crippen molar-refractivity contribution in [1.29, 1.82) is 0 Å². The minimum absolute atomic E-state index is 0.0292. The average molecular weight is 362 g/mol.